The van der Waals surface area contributed by atoms with E-state index >= 15 is 0 Å². The molecule has 2 aliphatic rings. The number of methoxy groups -OCH3 is 1. The quantitative estimate of drug-likeness (QED) is 0.546. The molecule has 1 aliphatic carbocycles. The van der Waals surface area contributed by atoms with Crippen LogP contribution < -0.4 is 25.8 Å². The molecule has 3 aromatic rings. The second kappa shape index (κ2) is 7.70. The number of fused-ring (bicyclic) bond motifs is 1. The molecule has 2 fully saturated rings. The first-order valence-electron chi connectivity index (χ1n) is 10.6. The number of nitrogens with one attached hydrogen (secondary N) is 3. The van der Waals surface area contributed by atoms with E-state index in [4.69, 9.17) is 4.74 Å². The van der Waals surface area contributed by atoms with Gasteiger partial charge in [0.1, 0.15) is 11.2 Å². The third kappa shape index (κ3) is 3.47. The van der Waals surface area contributed by atoms with Crippen molar-refractivity contribution in [3.05, 3.63) is 34.6 Å². The highest BCUT2D eigenvalue weighted by molar-refractivity contribution is 6.00. The molecule has 1 aliphatic heterocycles. The highest BCUT2D eigenvalue weighted by Crippen LogP contribution is 2.40. The number of amides is 2. The van der Waals surface area contributed by atoms with E-state index in [1.54, 1.807) is 25.1 Å². The summed E-state index contributed by atoms with van der Waals surface area (Å²) >= 11 is 0. The van der Waals surface area contributed by atoms with Crippen LogP contribution in [0.15, 0.2) is 29.1 Å². The van der Waals surface area contributed by atoms with Crippen LogP contribution in [0.2, 0.25) is 0 Å². The van der Waals surface area contributed by atoms with Gasteiger partial charge in [0.25, 0.3) is 5.56 Å². The van der Waals surface area contributed by atoms with Gasteiger partial charge in [0, 0.05) is 32.0 Å². The number of para-hydroxylation sites is 1. The molecule has 10 nitrogen and oxygen atoms in total. The van der Waals surface area contributed by atoms with Crippen molar-refractivity contribution in [2.24, 2.45) is 13.0 Å². The van der Waals surface area contributed by atoms with Crippen molar-refractivity contribution in [1.82, 2.24) is 14.8 Å². The Morgan fingerprint density at radius 3 is 2.75 bits per heavy atom. The number of carbonyl (C=O) groups excluding carboxylic acids is 2. The van der Waals surface area contributed by atoms with Crippen molar-refractivity contribution in [3.8, 4) is 5.75 Å². The lowest BCUT2D eigenvalue weighted by Gasteiger charge is -2.21. The minimum atomic E-state index is -0.250. The Bertz CT molecular complexity index is 1290. The molecule has 2 amide bonds. The molecule has 1 saturated carbocycles. The molecule has 166 valence electrons. The number of aryl methyl sites for hydroxylation is 1. The number of aromatic nitrogens is 3. The van der Waals surface area contributed by atoms with E-state index < -0.39 is 0 Å². The third-order valence-corrected chi connectivity index (χ3v) is 5.84. The van der Waals surface area contributed by atoms with Crippen molar-refractivity contribution < 1.29 is 14.3 Å². The molecule has 3 heterocycles. The fourth-order valence-corrected chi connectivity index (χ4v) is 4.05. The summed E-state index contributed by atoms with van der Waals surface area (Å²) in [6, 6.07) is 7.13. The van der Waals surface area contributed by atoms with E-state index in [2.05, 4.69) is 20.7 Å². The maximum absolute atomic E-state index is 12.7. The van der Waals surface area contributed by atoms with Gasteiger partial charge in [-0.2, -0.15) is 0 Å². The molecule has 2 aromatic heterocycles. The summed E-state index contributed by atoms with van der Waals surface area (Å²) in [5.41, 5.74) is 1.86. The van der Waals surface area contributed by atoms with Gasteiger partial charge in [-0.3, -0.25) is 24.2 Å². The van der Waals surface area contributed by atoms with Crippen LogP contribution in [0.1, 0.15) is 25.7 Å². The van der Waals surface area contributed by atoms with E-state index in [9.17, 15) is 14.4 Å². The van der Waals surface area contributed by atoms with Gasteiger partial charge in [0.15, 0.2) is 11.4 Å². The first-order chi connectivity index (χ1) is 15.5. The summed E-state index contributed by atoms with van der Waals surface area (Å²) < 4.78 is 7.00. The standard InChI is InChI=1S/C22H24N6O4/c1-27-22(31)18-14(11-16(24-20(18)26-27)25-21(30)12-8-9-12)23-13-5-3-6-15(19(13)32-2)28-10-4-7-17(28)29/h3,5-6,11-12H,4,7-10H2,1-2H3,(H3,23,24,25,26,30). The lowest BCUT2D eigenvalue weighted by atomic mass is 10.2. The fraction of sp³-hybridized carbons (Fsp3) is 0.364. The number of H-pyrrole nitrogens is 1. The topological polar surface area (TPSA) is 121 Å². The third-order valence-electron chi connectivity index (χ3n) is 5.84. The number of anilines is 4. The van der Waals surface area contributed by atoms with Crippen LogP contribution in [-0.2, 0) is 16.6 Å². The van der Waals surface area contributed by atoms with Crippen molar-refractivity contribution >= 4 is 45.7 Å². The Hall–Kier alpha value is -3.82. The molecule has 3 N–H and O–H groups in total. The molecule has 10 heteroatoms. The Morgan fingerprint density at radius 2 is 2.06 bits per heavy atom. The van der Waals surface area contributed by atoms with Gasteiger partial charge in [-0.15, -0.1) is 0 Å². The molecule has 32 heavy (non-hydrogen) atoms. The largest absolute Gasteiger partial charge is 0.492 e. The van der Waals surface area contributed by atoms with E-state index in [0.29, 0.717) is 52.6 Å². The average Bonchev–Trinajstić information content (AvgIpc) is 3.48. The maximum Gasteiger partial charge on any atom is 0.277 e. The summed E-state index contributed by atoms with van der Waals surface area (Å²) in [5.74, 6) is 0.852. The molecule has 5 rings (SSSR count). The normalized spacial score (nSPS) is 15.9. The van der Waals surface area contributed by atoms with Crippen LogP contribution in [0, 0.1) is 5.92 Å². The fourth-order valence-electron chi connectivity index (χ4n) is 4.05. The number of hydrogen-bond donors (Lipinski definition) is 3. The van der Waals surface area contributed by atoms with Gasteiger partial charge in [-0.25, -0.2) is 4.98 Å². The monoisotopic (exact) mass is 436 g/mol. The number of carbonyl (C=O) groups is 2. The lowest BCUT2D eigenvalue weighted by molar-refractivity contribution is -0.118. The number of benzene rings is 1. The first kappa shape index (κ1) is 20.1. The van der Waals surface area contributed by atoms with Gasteiger partial charge >= 0.3 is 0 Å². The lowest BCUT2D eigenvalue weighted by Crippen LogP contribution is -2.24. The molecular formula is C22H24N6O4. The van der Waals surface area contributed by atoms with Gasteiger partial charge in [-0.1, -0.05) is 6.07 Å². The number of hydrogen-bond acceptors (Lipinski definition) is 6. The van der Waals surface area contributed by atoms with Gasteiger partial charge in [0.2, 0.25) is 11.8 Å². The number of ether oxygens (including phenoxy) is 1. The Balaban J connectivity index is 1.58. The second-order valence-corrected chi connectivity index (χ2v) is 8.15. The summed E-state index contributed by atoms with van der Waals surface area (Å²) in [6.07, 6.45) is 3.06. The summed E-state index contributed by atoms with van der Waals surface area (Å²) in [6.45, 7) is 0.633. The van der Waals surface area contributed by atoms with Crippen LogP contribution in [0.3, 0.4) is 0 Å². The van der Waals surface area contributed by atoms with Crippen LogP contribution in [0.4, 0.5) is 22.9 Å². The highest BCUT2D eigenvalue weighted by atomic mass is 16.5. The molecule has 0 unspecified atom stereocenters. The zero-order chi connectivity index (χ0) is 22.4. The average molecular weight is 436 g/mol. The van der Waals surface area contributed by atoms with Crippen molar-refractivity contribution in [2.75, 3.05) is 29.2 Å². The minimum absolute atomic E-state index is 0.0218. The minimum Gasteiger partial charge on any atom is -0.492 e. The number of nitrogens with zero attached hydrogens (tertiary/aromatic N) is 3. The van der Waals surface area contributed by atoms with Crippen LogP contribution in [-0.4, -0.2) is 40.2 Å². The molecule has 0 radical (unpaired) electrons. The summed E-state index contributed by atoms with van der Waals surface area (Å²) in [7, 11) is 3.15. The predicted molar refractivity (Wildman–Crippen MR) is 121 cm³/mol. The van der Waals surface area contributed by atoms with E-state index in [1.165, 1.54) is 4.68 Å². The summed E-state index contributed by atoms with van der Waals surface area (Å²) in [4.78, 5) is 43.4. The van der Waals surface area contributed by atoms with Gasteiger partial charge < -0.3 is 20.3 Å². The predicted octanol–water partition coefficient (Wildman–Crippen LogP) is 2.49. The zero-order valence-electron chi connectivity index (χ0n) is 17.9. The van der Waals surface area contributed by atoms with Crippen molar-refractivity contribution in [2.45, 2.75) is 25.7 Å². The van der Waals surface area contributed by atoms with E-state index in [1.807, 2.05) is 18.2 Å². The Kier molecular flexibility index (Phi) is 4.84. The smallest absolute Gasteiger partial charge is 0.277 e. The second-order valence-electron chi connectivity index (χ2n) is 8.15. The number of pyridine rings is 1. The maximum atomic E-state index is 12.7. The van der Waals surface area contributed by atoms with Crippen LogP contribution in [0.25, 0.3) is 11.0 Å². The molecule has 0 bridgehead atoms. The SMILES string of the molecule is COc1c(Nc2cc(NC(=O)C3CC3)nc3[nH]n(C)c(=O)c23)cccc1N1CCCC1=O. The van der Waals surface area contributed by atoms with Crippen molar-refractivity contribution in [3.63, 3.8) is 0 Å². The first-order valence-corrected chi connectivity index (χ1v) is 10.6. The highest BCUT2D eigenvalue weighted by Gasteiger charge is 2.30. The van der Waals surface area contributed by atoms with Gasteiger partial charge in [-0.05, 0) is 31.4 Å². The Labute approximate surface area is 183 Å². The zero-order valence-corrected chi connectivity index (χ0v) is 17.9. The van der Waals surface area contributed by atoms with Gasteiger partial charge in [0.05, 0.1) is 24.2 Å². The van der Waals surface area contributed by atoms with E-state index in [-0.39, 0.29) is 23.3 Å². The molecule has 0 atom stereocenters. The summed E-state index contributed by atoms with van der Waals surface area (Å²) in [5, 5.41) is 9.39. The molecule has 0 spiro atoms. The number of aromatic amines is 1. The van der Waals surface area contributed by atoms with E-state index in [0.717, 1.165) is 19.3 Å². The molecule has 1 saturated heterocycles. The van der Waals surface area contributed by atoms with Crippen LogP contribution >= 0.6 is 0 Å². The number of rotatable bonds is 6. The van der Waals surface area contributed by atoms with Crippen molar-refractivity contribution in [1.29, 1.82) is 0 Å². The molecule has 1 aromatic carbocycles. The Morgan fingerprint density at radius 1 is 1.25 bits per heavy atom. The molecular weight excluding hydrogens is 412 g/mol. The van der Waals surface area contributed by atoms with Crippen LogP contribution in [0.5, 0.6) is 5.75 Å².